The van der Waals surface area contributed by atoms with Gasteiger partial charge in [-0.1, -0.05) is 40.2 Å². The fraction of sp³-hybridized carbons (Fsp3) is 0.238. The van der Waals surface area contributed by atoms with E-state index in [1.807, 2.05) is 0 Å². The quantitative estimate of drug-likeness (QED) is 0.214. The highest BCUT2D eigenvalue weighted by Crippen LogP contribution is 2.57. The molecule has 15 heteroatoms. The van der Waals surface area contributed by atoms with Crippen molar-refractivity contribution in [1.82, 2.24) is 20.0 Å². The largest absolute Gasteiger partial charge is 0.491 e. The number of ether oxygens (including phenoxy) is 1. The first-order valence-corrected chi connectivity index (χ1v) is 12.6. The maximum Gasteiger partial charge on any atom is 0.491 e. The number of carbonyl (C=O) groups excluding carboxylic acids is 3. The van der Waals surface area contributed by atoms with Crippen LogP contribution >= 0.6 is 26.7 Å². The fourth-order valence-electron chi connectivity index (χ4n) is 3.71. The minimum absolute atomic E-state index is 0.00606. The van der Waals surface area contributed by atoms with Crippen molar-refractivity contribution in [3.05, 3.63) is 63.9 Å². The van der Waals surface area contributed by atoms with Crippen molar-refractivity contribution in [3.8, 4) is 0 Å². The van der Waals surface area contributed by atoms with Gasteiger partial charge in [0.1, 0.15) is 11.1 Å². The normalized spacial score (nSPS) is 18.9. The average molecular weight is 591 g/mol. The van der Waals surface area contributed by atoms with Gasteiger partial charge in [-0.15, -0.1) is 10.8 Å². The summed E-state index contributed by atoms with van der Waals surface area (Å²) in [4.78, 5) is 42.2. The zero-order chi connectivity index (χ0) is 26.3. The van der Waals surface area contributed by atoms with E-state index in [0.29, 0.717) is 26.6 Å². The zero-order valence-electron chi connectivity index (χ0n) is 18.0. The van der Waals surface area contributed by atoms with E-state index in [9.17, 15) is 36.7 Å². The lowest BCUT2D eigenvalue weighted by Crippen LogP contribution is -2.36. The highest BCUT2D eigenvalue weighted by molar-refractivity contribution is 9.10. The Morgan fingerprint density at radius 2 is 1.97 bits per heavy atom. The molecule has 10 nitrogen and oxygen atoms in total. The summed E-state index contributed by atoms with van der Waals surface area (Å²) in [6, 6.07) is 10.6. The second-order valence-corrected chi connectivity index (χ2v) is 10.7. The molecule has 3 aromatic rings. The molecule has 36 heavy (non-hydrogen) atoms. The minimum Gasteiger partial charge on any atom is -0.369 e. The summed E-state index contributed by atoms with van der Waals surface area (Å²) in [5.41, 5.74) is 2.17. The number of alkyl halides is 3. The van der Waals surface area contributed by atoms with Crippen LogP contribution in [-0.2, 0) is 20.7 Å². The molecule has 1 aliphatic heterocycles. The first-order chi connectivity index (χ1) is 16.8. The molecule has 2 amide bonds. The summed E-state index contributed by atoms with van der Waals surface area (Å²) >= 11 is 3.36. The number of nitrogens with one attached hydrogen (secondary N) is 3. The number of amides is 2. The van der Waals surface area contributed by atoms with Crippen LogP contribution in [0.25, 0.3) is 11.0 Å². The zero-order valence-corrected chi connectivity index (χ0v) is 20.4. The standard InChI is InChI=1S/C21H18BrF3N4O6S/c22-12-7-10(5-6-11(12)16-9-17(30)29-36(16,33)34)8-15(28-20(32)35-19(31)21(23,24)25)18-26-13-3-1-2-4-14(13)27-18/h1-7,15-16,33-34H,8-9H2,(H,26,27)(H,28,32)(H,29,30)/t15-,16?/m0/s1. The third kappa shape index (κ3) is 5.64. The maximum atomic E-state index is 12.5. The van der Waals surface area contributed by atoms with Gasteiger partial charge >= 0.3 is 18.2 Å². The van der Waals surface area contributed by atoms with Gasteiger partial charge in [-0.05, 0) is 29.3 Å². The molecule has 1 saturated heterocycles. The van der Waals surface area contributed by atoms with Crippen LogP contribution in [0, 0.1) is 0 Å². The first-order valence-electron chi connectivity index (χ1n) is 10.2. The van der Waals surface area contributed by atoms with Crippen LogP contribution in [0.3, 0.4) is 0 Å². The van der Waals surface area contributed by atoms with E-state index >= 15 is 0 Å². The predicted molar refractivity (Wildman–Crippen MR) is 126 cm³/mol. The number of carbonyl (C=O) groups is 3. The van der Waals surface area contributed by atoms with Crippen molar-refractivity contribution in [1.29, 1.82) is 0 Å². The lowest BCUT2D eigenvalue weighted by Gasteiger charge is -2.33. The summed E-state index contributed by atoms with van der Waals surface area (Å²) in [6.45, 7) is 0. The number of alkyl carbamates (subject to hydrolysis) is 1. The topological polar surface area (TPSA) is 154 Å². The molecule has 1 aliphatic rings. The summed E-state index contributed by atoms with van der Waals surface area (Å²) in [5.74, 6) is -2.96. The third-order valence-electron chi connectivity index (χ3n) is 5.33. The van der Waals surface area contributed by atoms with Gasteiger partial charge in [0, 0.05) is 10.9 Å². The van der Waals surface area contributed by atoms with E-state index in [1.54, 1.807) is 42.5 Å². The van der Waals surface area contributed by atoms with Gasteiger partial charge < -0.3 is 15.0 Å². The van der Waals surface area contributed by atoms with Crippen molar-refractivity contribution in [3.63, 3.8) is 0 Å². The number of aromatic amines is 1. The van der Waals surface area contributed by atoms with E-state index in [4.69, 9.17) is 0 Å². The number of esters is 1. The van der Waals surface area contributed by atoms with Crippen LogP contribution in [0.15, 0.2) is 46.9 Å². The van der Waals surface area contributed by atoms with E-state index in [0.717, 1.165) is 0 Å². The number of H-pyrrole nitrogens is 1. The number of hydrogen-bond donors (Lipinski definition) is 5. The smallest absolute Gasteiger partial charge is 0.369 e. The molecular weight excluding hydrogens is 573 g/mol. The van der Waals surface area contributed by atoms with E-state index in [1.165, 1.54) is 0 Å². The molecule has 0 aliphatic carbocycles. The Labute approximate surface area is 211 Å². The highest BCUT2D eigenvalue weighted by atomic mass is 79.9. The molecule has 0 bridgehead atoms. The second kappa shape index (κ2) is 9.72. The summed E-state index contributed by atoms with van der Waals surface area (Å²) < 4.78 is 64.3. The van der Waals surface area contributed by atoms with Gasteiger partial charge in [-0.3, -0.25) is 18.6 Å². The van der Waals surface area contributed by atoms with Crippen LogP contribution in [0.2, 0.25) is 0 Å². The van der Waals surface area contributed by atoms with Crippen molar-refractivity contribution in [2.75, 3.05) is 0 Å². The molecule has 2 aromatic carbocycles. The minimum atomic E-state index is -5.35. The molecule has 1 unspecified atom stereocenters. The Morgan fingerprint density at radius 1 is 1.25 bits per heavy atom. The lowest BCUT2D eigenvalue weighted by atomic mass is 10.0. The van der Waals surface area contributed by atoms with Gasteiger partial charge in [0.05, 0.1) is 23.5 Å². The number of para-hydroxylation sites is 2. The van der Waals surface area contributed by atoms with Crippen LogP contribution in [0.5, 0.6) is 0 Å². The third-order valence-corrected chi connectivity index (χ3v) is 7.76. The summed E-state index contributed by atoms with van der Waals surface area (Å²) in [5, 5.41) is 1.36. The van der Waals surface area contributed by atoms with Crippen molar-refractivity contribution < 1.29 is 41.4 Å². The number of benzene rings is 2. The maximum absolute atomic E-state index is 12.5. The lowest BCUT2D eigenvalue weighted by molar-refractivity contribution is -0.192. The first kappa shape index (κ1) is 25.9. The molecule has 0 saturated carbocycles. The van der Waals surface area contributed by atoms with Crippen LogP contribution < -0.4 is 10.0 Å². The number of halogens is 4. The van der Waals surface area contributed by atoms with Crippen LogP contribution in [0.4, 0.5) is 18.0 Å². The number of nitrogens with zero attached hydrogens (tertiary/aromatic N) is 1. The molecule has 192 valence electrons. The molecule has 1 aromatic heterocycles. The van der Waals surface area contributed by atoms with Gasteiger partial charge in [-0.2, -0.15) is 13.2 Å². The van der Waals surface area contributed by atoms with Gasteiger partial charge in [0.2, 0.25) is 5.91 Å². The Kier molecular flexibility index (Phi) is 7.01. The van der Waals surface area contributed by atoms with Crippen LogP contribution in [0.1, 0.15) is 34.7 Å². The van der Waals surface area contributed by atoms with E-state index in [-0.39, 0.29) is 18.7 Å². The predicted octanol–water partition coefficient (Wildman–Crippen LogP) is 4.65. The Bertz CT molecular complexity index is 1320. The Balaban J connectivity index is 1.60. The second-order valence-electron chi connectivity index (χ2n) is 7.88. The number of imidazole rings is 1. The molecule has 1 fully saturated rings. The highest BCUT2D eigenvalue weighted by Gasteiger charge is 2.43. The fourth-order valence-corrected chi connectivity index (χ4v) is 6.07. The number of fused-ring (bicyclic) bond motifs is 1. The van der Waals surface area contributed by atoms with Crippen molar-refractivity contribution in [2.24, 2.45) is 0 Å². The summed E-state index contributed by atoms with van der Waals surface area (Å²) in [7, 11) is -3.39. The summed E-state index contributed by atoms with van der Waals surface area (Å²) in [6.07, 6.45) is -7.07. The van der Waals surface area contributed by atoms with Gasteiger partial charge in [0.25, 0.3) is 0 Å². The Morgan fingerprint density at radius 3 is 2.58 bits per heavy atom. The van der Waals surface area contributed by atoms with Crippen molar-refractivity contribution >= 4 is 55.7 Å². The van der Waals surface area contributed by atoms with Gasteiger partial charge in [0.15, 0.2) is 0 Å². The molecular formula is C21H18BrF3N4O6S. The van der Waals surface area contributed by atoms with Crippen LogP contribution in [-0.4, -0.2) is 43.2 Å². The number of rotatable bonds is 5. The monoisotopic (exact) mass is 590 g/mol. The SMILES string of the molecule is O=C1CC(c2ccc(C[C@H](NC(=O)OC(=O)C(F)(F)F)c3nc4ccccc4[nH]3)cc2Br)S(O)(O)N1. The Hall–Kier alpha value is -3.14. The molecule has 2 heterocycles. The molecule has 5 N–H and O–H groups in total. The molecule has 4 rings (SSSR count). The van der Waals surface area contributed by atoms with E-state index in [2.05, 4.69) is 40.7 Å². The van der Waals surface area contributed by atoms with Gasteiger partial charge in [-0.25, -0.2) is 14.6 Å². The number of aromatic nitrogens is 2. The molecule has 0 spiro atoms. The number of hydrogen-bond acceptors (Lipinski definition) is 7. The molecule has 2 atom stereocenters. The average Bonchev–Trinajstić information content (AvgIpc) is 3.32. The van der Waals surface area contributed by atoms with Crippen molar-refractivity contribution in [2.45, 2.75) is 30.3 Å². The molecule has 0 radical (unpaired) electrons. The van der Waals surface area contributed by atoms with E-state index < -0.39 is 46.2 Å².